The Morgan fingerprint density at radius 1 is 1.08 bits per heavy atom. The highest BCUT2D eigenvalue weighted by atomic mass is 16.5. The van der Waals surface area contributed by atoms with Gasteiger partial charge in [-0.15, -0.1) is 0 Å². The summed E-state index contributed by atoms with van der Waals surface area (Å²) in [5.74, 6) is -0.0893. The number of aliphatic hydroxyl groups is 1. The molecule has 0 unspecified atom stereocenters. The zero-order chi connectivity index (χ0) is 17.7. The minimum absolute atomic E-state index is 0.131. The van der Waals surface area contributed by atoms with Crippen LogP contribution in [-0.2, 0) is 16.1 Å². The van der Waals surface area contributed by atoms with Crippen LogP contribution in [0.5, 0.6) is 0 Å². The summed E-state index contributed by atoms with van der Waals surface area (Å²) in [6.45, 7) is 0.567. The molecule has 2 aromatic carbocycles. The molecule has 2 heterocycles. The van der Waals surface area contributed by atoms with Gasteiger partial charge in [0.15, 0.2) is 0 Å². The van der Waals surface area contributed by atoms with Gasteiger partial charge in [-0.3, -0.25) is 4.79 Å². The van der Waals surface area contributed by atoms with Crippen molar-refractivity contribution in [3.8, 4) is 0 Å². The third-order valence-electron chi connectivity index (χ3n) is 5.98. The van der Waals surface area contributed by atoms with Crippen LogP contribution in [0.15, 0.2) is 72.8 Å². The number of hydrogen-bond acceptors (Lipinski definition) is 3. The van der Waals surface area contributed by atoms with E-state index in [0.717, 1.165) is 11.1 Å². The van der Waals surface area contributed by atoms with Gasteiger partial charge in [-0.1, -0.05) is 72.8 Å². The zero-order valence-corrected chi connectivity index (χ0v) is 14.4. The SMILES string of the molecule is O=C1[C@H]2[C@H](c3ccccc3)O[C@@H]3C[C@H](O)C=C[C@]32N1Cc1ccccc1. The number of carbonyl (C=O) groups excluding carboxylic acids is 1. The summed E-state index contributed by atoms with van der Waals surface area (Å²) in [5, 5.41) is 10.1. The van der Waals surface area contributed by atoms with Crippen molar-refractivity contribution in [2.75, 3.05) is 0 Å². The van der Waals surface area contributed by atoms with Crippen molar-refractivity contribution in [3.05, 3.63) is 83.9 Å². The Kier molecular flexibility index (Phi) is 3.52. The molecule has 0 aromatic heterocycles. The van der Waals surface area contributed by atoms with Crippen molar-refractivity contribution in [3.63, 3.8) is 0 Å². The molecular weight excluding hydrogens is 326 g/mol. The maximum absolute atomic E-state index is 13.1. The minimum atomic E-state index is -0.518. The number of amides is 1. The summed E-state index contributed by atoms with van der Waals surface area (Å²) in [6.07, 6.45) is 3.41. The monoisotopic (exact) mass is 347 g/mol. The van der Waals surface area contributed by atoms with Gasteiger partial charge in [0.1, 0.15) is 5.54 Å². The van der Waals surface area contributed by atoms with Gasteiger partial charge in [0.05, 0.1) is 24.2 Å². The molecule has 5 rings (SSSR count). The normalized spacial score (nSPS) is 35.0. The van der Waals surface area contributed by atoms with Crippen LogP contribution in [0.1, 0.15) is 23.7 Å². The van der Waals surface area contributed by atoms with Crippen LogP contribution in [0.3, 0.4) is 0 Å². The lowest BCUT2D eigenvalue weighted by molar-refractivity contribution is -0.166. The summed E-state index contributed by atoms with van der Waals surface area (Å²) in [7, 11) is 0. The molecule has 132 valence electrons. The Hall–Kier alpha value is -2.43. The van der Waals surface area contributed by atoms with Crippen molar-refractivity contribution in [2.45, 2.75) is 36.8 Å². The van der Waals surface area contributed by atoms with Crippen LogP contribution in [-0.4, -0.2) is 33.7 Å². The van der Waals surface area contributed by atoms with E-state index < -0.39 is 11.6 Å². The number of ether oxygens (including phenoxy) is 1. The second-order valence-electron chi connectivity index (χ2n) is 7.39. The number of β-lactam (4-membered cyclic amide) rings is 1. The fourth-order valence-corrected chi connectivity index (χ4v) is 4.77. The molecule has 3 aliphatic rings. The Morgan fingerprint density at radius 3 is 2.50 bits per heavy atom. The van der Waals surface area contributed by atoms with Crippen LogP contribution in [0, 0.1) is 5.92 Å². The molecule has 2 fully saturated rings. The lowest BCUT2D eigenvalue weighted by atomic mass is 9.65. The lowest BCUT2D eigenvalue weighted by Gasteiger charge is -2.56. The number of carbonyl (C=O) groups is 1. The Balaban J connectivity index is 1.53. The van der Waals surface area contributed by atoms with Crippen molar-refractivity contribution < 1.29 is 14.6 Å². The first kappa shape index (κ1) is 15.8. The molecule has 1 amide bonds. The molecule has 1 aliphatic carbocycles. The van der Waals surface area contributed by atoms with Crippen molar-refractivity contribution in [1.29, 1.82) is 0 Å². The Bertz CT molecular complexity index is 850. The number of nitrogens with zero attached hydrogens (tertiary/aromatic N) is 1. The predicted molar refractivity (Wildman–Crippen MR) is 97.0 cm³/mol. The van der Waals surface area contributed by atoms with Crippen LogP contribution >= 0.6 is 0 Å². The highest BCUT2D eigenvalue weighted by Gasteiger charge is 2.71. The summed E-state index contributed by atoms with van der Waals surface area (Å²) in [4.78, 5) is 15.0. The lowest BCUT2D eigenvalue weighted by Crippen LogP contribution is -2.72. The predicted octanol–water partition coefficient (Wildman–Crippen LogP) is 2.84. The molecule has 4 heteroatoms. The van der Waals surface area contributed by atoms with E-state index in [0.29, 0.717) is 13.0 Å². The first-order chi connectivity index (χ1) is 12.7. The molecule has 1 spiro atoms. The second-order valence-corrected chi connectivity index (χ2v) is 7.39. The average molecular weight is 347 g/mol. The summed E-state index contributed by atoms with van der Waals surface area (Å²) >= 11 is 0. The molecule has 0 bridgehead atoms. The maximum Gasteiger partial charge on any atom is 0.232 e. The van der Waals surface area contributed by atoms with Crippen molar-refractivity contribution >= 4 is 5.91 Å². The van der Waals surface area contributed by atoms with Crippen LogP contribution in [0.2, 0.25) is 0 Å². The van der Waals surface area contributed by atoms with E-state index in [2.05, 4.69) is 0 Å². The van der Waals surface area contributed by atoms with Gasteiger partial charge >= 0.3 is 0 Å². The van der Waals surface area contributed by atoms with Crippen LogP contribution in [0.4, 0.5) is 0 Å². The van der Waals surface area contributed by atoms with E-state index in [9.17, 15) is 9.90 Å². The quantitative estimate of drug-likeness (QED) is 0.686. The van der Waals surface area contributed by atoms with Gasteiger partial charge < -0.3 is 14.7 Å². The number of aliphatic hydroxyl groups excluding tert-OH is 1. The summed E-state index contributed by atoms with van der Waals surface area (Å²) < 4.78 is 6.36. The molecule has 0 saturated carbocycles. The smallest absolute Gasteiger partial charge is 0.232 e. The highest BCUT2D eigenvalue weighted by Crippen LogP contribution is 2.59. The average Bonchev–Trinajstić information content (AvgIpc) is 2.98. The van der Waals surface area contributed by atoms with Crippen LogP contribution < -0.4 is 0 Å². The van der Waals surface area contributed by atoms with E-state index in [1.54, 1.807) is 0 Å². The van der Waals surface area contributed by atoms with Crippen LogP contribution in [0.25, 0.3) is 0 Å². The minimum Gasteiger partial charge on any atom is -0.389 e. The molecule has 4 nitrogen and oxygen atoms in total. The van der Waals surface area contributed by atoms with Crippen molar-refractivity contribution in [2.24, 2.45) is 5.92 Å². The van der Waals surface area contributed by atoms with Gasteiger partial charge in [0.25, 0.3) is 0 Å². The van der Waals surface area contributed by atoms with Gasteiger partial charge in [-0.05, 0) is 11.1 Å². The molecule has 0 radical (unpaired) electrons. The summed E-state index contributed by atoms with van der Waals surface area (Å²) in [6, 6.07) is 20.0. The largest absolute Gasteiger partial charge is 0.389 e. The third-order valence-corrected chi connectivity index (χ3v) is 5.98. The van der Waals surface area contributed by atoms with Gasteiger partial charge in [0.2, 0.25) is 5.91 Å². The zero-order valence-electron chi connectivity index (χ0n) is 14.4. The summed E-state index contributed by atoms with van der Waals surface area (Å²) in [5.41, 5.74) is 1.68. The van der Waals surface area contributed by atoms with Gasteiger partial charge in [-0.2, -0.15) is 0 Å². The topological polar surface area (TPSA) is 49.8 Å². The standard InChI is InChI=1S/C22H21NO3/c24-17-11-12-22-18(13-17)26-20(16-9-5-2-6-10-16)19(22)21(25)23(22)14-15-7-3-1-4-8-15/h1-12,17-20,24H,13-14H2/t17-,18-,19-,20+,22+/m1/s1. The van der Waals surface area contributed by atoms with E-state index in [1.165, 1.54) is 0 Å². The molecule has 2 aromatic rings. The first-order valence-electron chi connectivity index (χ1n) is 9.13. The fourth-order valence-electron chi connectivity index (χ4n) is 4.77. The fraction of sp³-hybridized carbons (Fsp3) is 0.318. The molecule has 2 aliphatic heterocycles. The molecule has 5 atom stereocenters. The molecule has 1 N–H and O–H groups in total. The van der Waals surface area contributed by atoms with E-state index in [-0.39, 0.29) is 24.0 Å². The number of likely N-dealkylation sites (tertiary alicyclic amines) is 1. The van der Waals surface area contributed by atoms with E-state index >= 15 is 0 Å². The number of rotatable bonds is 3. The van der Waals surface area contributed by atoms with Gasteiger partial charge in [-0.25, -0.2) is 0 Å². The first-order valence-corrected chi connectivity index (χ1v) is 9.13. The molecular formula is C22H21NO3. The number of hydrogen-bond donors (Lipinski definition) is 1. The maximum atomic E-state index is 13.1. The van der Waals surface area contributed by atoms with Crippen molar-refractivity contribution in [1.82, 2.24) is 4.90 Å². The van der Waals surface area contributed by atoms with Gasteiger partial charge in [0, 0.05) is 13.0 Å². The molecule has 2 saturated heterocycles. The molecule has 26 heavy (non-hydrogen) atoms. The second kappa shape index (κ2) is 5.79. The Morgan fingerprint density at radius 2 is 1.77 bits per heavy atom. The van der Waals surface area contributed by atoms with E-state index in [1.807, 2.05) is 77.7 Å². The Labute approximate surface area is 152 Å². The van der Waals surface area contributed by atoms with E-state index in [4.69, 9.17) is 4.74 Å². The highest BCUT2D eigenvalue weighted by molar-refractivity contribution is 5.91. The number of benzene rings is 2. The third kappa shape index (κ3) is 2.12.